The average Bonchev–Trinajstić information content (AvgIpc) is 2.70. The maximum absolute atomic E-state index is 12.6. The molecule has 132 valence electrons. The third-order valence-corrected chi connectivity index (χ3v) is 4.63. The van der Waals surface area contributed by atoms with Gasteiger partial charge in [0.25, 0.3) is 0 Å². The van der Waals surface area contributed by atoms with E-state index in [0.29, 0.717) is 11.3 Å². The van der Waals surface area contributed by atoms with Crippen molar-refractivity contribution in [2.75, 3.05) is 0 Å². The Labute approximate surface area is 152 Å². The summed E-state index contributed by atoms with van der Waals surface area (Å²) in [6, 6.07) is 8.63. The molecule has 3 rings (SSSR count). The standard InChI is InChI=1S/C20H20N4O2/c21-12-17(20(26)24-16-4-2-1-3-5-16)19(25)15-8-6-14(7-9-15)18-13-22-10-11-23-18/h6-11,13,16-17H,1-5H2,(H,24,26)/t17-/m1/s1. The third-order valence-electron chi connectivity index (χ3n) is 4.63. The van der Waals surface area contributed by atoms with Crippen LogP contribution in [-0.2, 0) is 4.79 Å². The molecule has 0 spiro atoms. The molecular weight excluding hydrogens is 328 g/mol. The Kier molecular flexibility index (Phi) is 5.69. The minimum Gasteiger partial charge on any atom is -0.352 e. The summed E-state index contributed by atoms with van der Waals surface area (Å²) in [4.78, 5) is 33.2. The lowest BCUT2D eigenvalue weighted by Gasteiger charge is -2.23. The summed E-state index contributed by atoms with van der Waals surface area (Å²) >= 11 is 0. The number of Topliss-reactive ketones (excluding diaryl/α,β-unsaturated/α-hetero) is 1. The zero-order valence-electron chi connectivity index (χ0n) is 14.4. The van der Waals surface area contributed by atoms with Crippen molar-refractivity contribution in [1.29, 1.82) is 5.26 Å². The number of hydrogen-bond donors (Lipinski definition) is 1. The van der Waals surface area contributed by atoms with Gasteiger partial charge in [-0.2, -0.15) is 5.26 Å². The average molecular weight is 348 g/mol. The number of carbonyl (C=O) groups is 2. The van der Waals surface area contributed by atoms with Gasteiger partial charge in [-0.05, 0) is 12.8 Å². The highest BCUT2D eigenvalue weighted by molar-refractivity contribution is 6.12. The first-order chi connectivity index (χ1) is 12.7. The van der Waals surface area contributed by atoms with Gasteiger partial charge >= 0.3 is 0 Å². The molecule has 1 fully saturated rings. The molecule has 1 aliphatic rings. The first-order valence-electron chi connectivity index (χ1n) is 8.79. The molecule has 1 aromatic carbocycles. The van der Waals surface area contributed by atoms with Gasteiger partial charge < -0.3 is 5.32 Å². The second-order valence-electron chi connectivity index (χ2n) is 6.44. The predicted molar refractivity (Wildman–Crippen MR) is 95.9 cm³/mol. The molecule has 6 heteroatoms. The Morgan fingerprint density at radius 2 is 1.85 bits per heavy atom. The minimum absolute atomic E-state index is 0.0685. The van der Waals surface area contributed by atoms with E-state index in [4.69, 9.17) is 0 Å². The Morgan fingerprint density at radius 3 is 2.46 bits per heavy atom. The highest BCUT2D eigenvalue weighted by atomic mass is 16.2. The molecule has 0 saturated heterocycles. The molecule has 1 amide bonds. The van der Waals surface area contributed by atoms with Crippen molar-refractivity contribution >= 4 is 11.7 Å². The van der Waals surface area contributed by atoms with Crippen LogP contribution in [0, 0.1) is 17.2 Å². The molecule has 2 aromatic rings. The van der Waals surface area contributed by atoms with E-state index >= 15 is 0 Å². The van der Waals surface area contributed by atoms with Gasteiger partial charge in [0.15, 0.2) is 11.7 Å². The van der Waals surface area contributed by atoms with Gasteiger partial charge in [0.05, 0.1) is 18.0 Å². The zero-order valence-corrected chi connectivity index (χ0v) is 14.4. The van der Waals surface area contributed by atoms with Crippen LogP contribution in [0.1, 0.15) is 42.5 Å². The summed E-state index contributed by atoms with van der Waals surface area (Å²) in [7, 11) is 0. The normalized spacial score (nSPS) is 15.7. The molecule has 6 nitrogen and oxygen atoms in total. The van der Waals surface area contributed by atoms with Gasteiger partial charge in [0.2, 0.25) is 5.91 Å². The van der Waals surface area contributed by atoms with Crippen LogP contribution < -0.4 is 5.32 Å². The van der Waals surface area contributed by atoms with Gasteiger partial charge in [-0.3, -0.25) is 19.6 Å². The number of carbonyl (C=O) groups excluding carboxylic acids is 2. The number of hydrogen-bond acceptors (Lipinski definition) is 5. The van der Waals surface area contributed by atoms with E-state index < -0.39 is 17.6 Å². The maximum Gasteiger partial charge on any atom is 0.245 e. The van der Waals surface area contributed by atoms with Crippen molar-refractivity contribution in [1.82, 2.24) is 15.3 Å². The molecular formula is C20H20N4O2. The third kappa shape index (κ3) is 4.12. The van der Waals surface area contributed by atoms with E-state index in [0.717, 1.165) is 31.2 Å². The number of nitrogens with zero attached hydrogens (tertiary/aromatic N) is 3. The van der Waals surface area contributed by atoms with Crippen molar-refractivity contribution in [3.05, 3.63) is 48.4 Å². The molecule has 1 atom stereocenters. The molecule has 1 aliphatic carbocycles. The van der Waals surface area contributed by atoms with E-state index in [2.05, 4.69) is 15.3 Å². The van der Waals surface area contributed by atoms with Crippen LogP contribution in [0.2, 0.25) is 0 Å². The van der Waals surface area contributed by atoms with Crippen molar-refractivity contribution in [3.8, 4) is 17.3 Å². The van der Waals surface area contributed by atoms with Crippen molar-refractivity contribution in [3.63, 3.8) is 0 Å². The second kappa shape index (κ2) is 8.34. The van der Waals surface area contributed by atoms with E-state index in [1.54, 1.807) is 42.9 Å². The number of ketones is 1. The first-order valence-corrected chi connectivity index (χ1v) is 8.79. The first kappa shape index (κ1) is 17.7. The summed E-state index contributed by atoms with van der Waals surface area (Å²) in [6.45, 7) is 0. The molecule has 1 aromatic heterocycles. The number of rotatable bonds is 5. The van der Waals surface area contributed by atoms with E-state index in [-0.39, 0.29) is 6.04 Å². The molecule has 1 heterocycles. The minimum atomic E-state index is -1.32. The lowest BCUT2D eigenvalue weighted by atomic mass is 9.93. The largest absolute Gasteiger partial charge is 0.352 e. The van der Waals surface area contributed by atoms with Crippen molar-refractivity contribution < 1.29 is 9.59 Å². The molecule has 1 saturated carbocycles. The lowest BCUT2D eigenvalue weighted by Crippen LogP contribution is -2.42. The Morgan fingerprint density at radius 1 is 1.12 bits per heavy atom. The fourth-order valence-corrected chi connectivity index (χ4v) is 3.19. The number of nitrogens with one attached hydrogen (secondary N) is 1. The Hall–Kier alpha value is -3.07. The summed E-state index contributed by atoms with van der Waals surface area (Å²) in [5, 5.41) is 12.2. The summed E-state index contributed by atoms with van der Waals surface area (Å²) in [5.41, 5.74) is 1.84. The van der Waals surface area contributed by atoms with Crippen LogP contribution >= 0.6 is 0 Å². The summed E-state index contributed by atoms with van der Waals surface area (Å²) in [5.74, 6) is -2.30. The van der Waals surface area contributed by atoms with Gasteiger partial charge in [0.1, 0.15) is 0 Å². The van der Waals surface area contributed by atoms with Crippen LogP contribution in [-0.4, -0.2) is 27.7 Å². The van der Waals surface area contributed by atoms with E-state index in [9.17, 15) is 14.9 Å². The Balaban J connectivity index is 1.70. The fraction of sp³-hybridized carbons (Fsp3) is 0.350. The van der Waals surface area contributed by atoms with Crippen molar-refractivity contribution in [2.45, 2.75) is 38.1 Å². The maximum atomic E-state index is 12.6. The summed E-state index contributed by atoms with van der Waals surface area (Å²) in [6.07, 6.45) is 9.94. The number of nitriles is 1. The highest BCUT2D eigenvalue weighted by Crippen LogP contribution is 2.20. The smallest absolute Gasteiger partial charge is 0.245 e. The van der Waals surface area contributed by atoms with Gasteiger partial charge in [0, 0.05) is 29.6 Å². The summed E-state index contributed by atoms with van der Waals surface area (Å²) < 4.78 is 0. The quantitative estimate of drug-likeness (QED) is 0.662. The van der Waals surface area contributed by atoms with Crippen LogP contribution in [0.25, 0.3) is 11.3 Å². The topological polar surface area (TPSA) is 95.7 Å². The van der Waals surface area contributed by atoms with Gasteiger partial charge in [-0.1, -0.05) is 43.5 Å². The Bertz CT molecular complexity index is 806. The highest BCUT2D eigenvalue weighted by Gasteiger charge is 2.29. The number of amides is 1. The molecule has 0 bridgehead atoms. The second-order valence-corrected chi connectivity index (χ2v) is 6.44. The molecule has 1 N–H and O–H groups in total. The molecule has 26 heavy (non-hydrogen) atoms. The predicted octanol–water partition coefficient (Wildman–Crippen LogP) is 2.91. The monoisotopic (exact) mass is 348 g/mol. The molecule has 0 aliphatic heterocycles. The molecule has 0 radical (unpaired) electrons. The SMILES string of the molecule is N#C[C@@H](C(=O)NC1CCCCC1)C(=O)c1ccc(-c2cnccn2)cc1. The molecule has 0 unspecified atom stereocenters. The lowest BCUT2D eigenvalue weighted by molar-refractivity contribution is -0.123. The van der Waals surface area contributed by atoms with Gasteiger partial charge in [-0.25, -0.2) is 0 Å². The van der Waals surface area contributed by atoms with Crippen LogP contribution in [0.5, 0.6) is 0 Å². The van der Waals surface area contributed by atoms with Crippen LogP contribution in [0.3, 0.4) is 0 Å². The van der Waals surface area contributed by atoms with Crippen LogP contribution in [0.4, 0.5) is 0 Å². The van der Waals surface area contributed by atoms with E-state index in [1.807, 2.05) is 6.07 Å². The zero-order chi connectivity index (χ0) is 18.4. The van der Waals surface area contributed by atoms with Crippen molar-refractivity contribution in [2.24, 2.45) is 5.92 Å². The number of benzene rings is 1. The van der Waals surface area contributed by atoms with Gasteiger partial charge in [-0.15, -0.1) is 0 Å². The fourth-order valence-electron chi connectivity index (χ4n) is 3.19. The number of aromatic nitrogens is 2. The van der Waals surface area contributed by atoms with E-state index in [1.165, 1.54) is 6.42 Å². The van der Waals surface area contributed by atoms with Crippen LogP contribution in [0.15, 0.2) is 42.9 Å².